The Labute approximate surface area is 326 Å². The molecule has 0 saturated heterocycles. The fourth-order valence-electron chi connectivity index (χ4n) is 4.75. The summed E-state index contributed by atoms with van der Waals surface area (Å²) in [6, 6.07) is 25.9. The van der Waals surface area contributed by atoms with E-state index in [0.717, 1.165) is 25.0 Å². The van der Waals surface area contributed by atoms with E-state index in [1.807, 2.05) is 64.1 Å². The van der Waals surface area contributed by atoms with Crippen molar-refractivity contribution in [2.75, 3.05) is 22.9 Å². The van der Waals surface area contributed by atoms with Crippen LogP contribution in [0.15, 0.2) is 121 Å². The minimum absolute atomic E-state index is 0. The van der Waals surface area contributed by atoms with Crippen molar-refractivity contribution in [2.45, 2.75) is 40.5 Å². The Bertz CT molecular complexity index is 1690. The fraction of sp³-hybridized carbons (Fsp3) is 0.227. The zero-order valence-corrected chi connectivity index (χ0v) is 31.8. The smallest absolute Gasteiger partial charge is 0.359 e. The molecule has 0 radical (unpaired) electrons. The van der Waals surface area contributed by atoms with Gasteiger partial charge in [-0.2, -0.15) is 12.2 Å². The molecule has 0 bridgehead atoms. The van der Waals surface area contributed by atoms with Crippen molar-refractivity contribution in [3.8, 4) is 0 Å². The van der Waals surface area contributed by atoms with Crippen molar-refractivity contribution in [1.82, 2.24) is 0 Å². The fourth-order valence-corrected chi connectivity index (χ4v) is 4.75. The van der Waals surface area contributed by atoms with Crippen LogP contribution in [0.5, 0.6) is 0 Å². The van der Waals surface area contributed by atoms with Crippen LogP contribution in [0.4, 0.5) is 28.9 Å². The molecule has 0 unspecified atom stereocenters. The summed E-state index contributed by atoms with van der Waals surface area (Å²) in [6.45, 7) is 8.38. The maximum absolute atomic E-state index is 13.9. The molecular formula is C44H42F4N2O2Ti. The molecule has 2 aliphatic carbocycles. The molecule has 0 aromatic heterocycles. The van der Waals surface area contributed by atoms with Crippen molar-refractivity contribution < 1.29 is 48.9 Å². The van der Waals surface area contributed by atoms with E-state index in [9.17, 15) is 27.2 Å². The van der Waals surface area contributed by atoms with Gasteiger partial charge < -0.3 is 9.80 Å². The molecule has 0 aliphatic heterocycles. The van der Waals surface area contributed by atoms with Crippen LogP contribution < -0.4 is 9.80 Å². The molecule has 2 amide bonds. The Kier molecular flexibility index (Phi) is 19.9. The standard InChI is InChI=1S/2C17H16F2NO.2C5H5.Ti/c2*1-12(2)11-20(16-9-8-14(18)10-15(16)19)17(21)13-6-4-3-5-7-13;2*1-2-4-5-3-1;/h2*3-9,12H,11H2,1-2H3;2*1-3H,4H2;/q4*-1;+4. The summed E-state index contributed by atoms with van der Waals surface area (Å²) < 4.78 is 53.9. The number of anilines is 2. The Morgan fingerprint density at radius 3 is 1.19 bits per heavy atom. The van der Waals surface area contributed by atoms with Gasteiger partial charge in [0.1, 0.15) is 0 Å². The van der Waals surface area contributed by atoms with Crippen LogP contribution in [0.25, 0.3) is 0 Å². The molecule has 272 valence electrons. The zero-order valence-electron chi connectivity index (χ0n) is 30.3. The summed E-state index contributed by atoms with van der Waals surface area (Å²) in [4.78, 5) is 27.8. The Balaban J connectivity index is 0.000000285. The van der Waals surface area contributed by atoms with Crippen LogP contribution in [0.2, 0.25) is 0 Å². The van der Waals surface area contributed by atoms with Crippen LogP contribution in [0, 0.1) is 59.4 Å². The first kappa shape index (κ1) is 44.4. The van der Waals surface area contributed by atoms with Gasteiger partial charge in [0.25, 0.3) is 0 Å². The van der Waals surface area contributed by atoms with E-state index >= 15 is 0 Å². The Morgan fingerprint density at radius 1 is 0.585 bits per heavy atom. The first-order valence-electron chi connectivity index (χ1n) is 16.9. The van der Waals surface area contributed by atoms with Crippen molar-refractivity contribution in [2.24, 2.45) is 11.8 Å². The SMILES string of the molecule is CC(C)CN(C(=O)c1ccccc1)c1ccc(F)[c-]c1F.CC(C)CN(C(=O)c1ccccc1)c1ccc(F)[c-]c1F.[C-]1=CC=CC1.[C-]1=CC=CC1.[Ti+4]. The normalized spacial score (nSPS) is 11.8. The summed E-state index contributed by atoms with van der Waals surface area (Å²) >= 11 is 0. The average Bonchev–Trinajstić information content (AvgIpc) is 3.91. The van der Waals surface area contributed by atoms with Crippen LogP contribution in [-0.4, -0.2) is 24.9 Å². The molecule has 9 heteroatoms. The molecule has 4 aromatic rings. The van der Waals surface area contributed by atoms with Crippen molar-refractivity contribution in [3.63, 3.8) is 0 Å². The van der Waals surface area contributed by atoms with Crippen molar-refractivity contribution in [3.05, 3.63) is 180 Å². The summed E-state index contributed by atoms with van der Waals surface area (Å²) in [7, 11) is 0. The van der Waals surface area contributed by atoms with Gasteiger partial charge in [-0.15, -0.1) is 49.2 Å². The monoisotopic (exact) mass is 754 g/mol. The number of allylic oxidation sites excluding steroid dienone is 8. The number of carbonyl (C=O) groups excluding carboxylic acids is 2. The number of benzene rings is 4. The minimum Gasteiger partial charge on any atom is -0.359 e. The number of nitrogens with zero attached hydrogens (tertiary/aromatic N) is 2. The number of rotatable bonds is 8. The number of amides is 2. The molecule has 2 aliphatic rings. The van der Waals surface area contributed by atoms with E-state index in [4.69, 9.17) is 0 Å². The van der Waals surface area contributed by atoms with Gasteiger partial charge in [-0.3, -0.25) is 21.7 Å². The number of hydrogen-bond donors (Lipinski definition) is 0. The van der Waals surface area contributed by atoms with Crippen LogP contribution in [-0.2, 0) is 21.7 Å². The first-order valence-corrected chi connectivity index (χ1v) is 16.9. The zero-order chi connectivity index (χ0) is 37.9. The molecule has 0 N–H and O–H groups in total. The van der Waals surface area contributed by atoms with E-state index in [1.165, 1.54) is 21.9 Å². The first-order chi connectivity index (χ1) is 25.0. The average molecular weight is 755 g/mol. The third kappa shape index (κ3) is 15.4. The van der Waals surface area contributed by atoms with E-state index in [-0.39, 0.29) is 56.7 Å². The second-order valence-corrected chi connectivity index (χ2v) is 12.4. The maximum atomic E-state index is 13.9. The summed E-state index contributed by atoms with van der Waals surface area (Å²) in [5, 5.41) is 0. The van der Waals surface area contributed by atoms with Crippen molar-refractivity contribution >= 4 is 23.2 Å². The van der Waals surface area contributed by atoms with Gasteiger partial charge in [0.05, 0.1) is 0 Å². The molecule has 53 heavy (non-hydrogen) atoms. The largest absolute Gasteiger partial charge is 4.00 e. The predicted molar refractivity (Wildman–Crippen MR) is 199 cm³/mol. The minimum atomic E-state index is -0.861. The predicted octanol–water partition coefficient (Wildman–Crippen LogP) is 10.7. The third-order valence-electron chi connectivity index (χ3n) is 7.06. The van der Waals surface area contributed by atoms with Gasteiger partial charge >= 0.3 is 21.7 Å². The molecule has 4 nitrogen and oxygen atoms in total. The van der Waals surface area contributed by atoms with Gasteiger partial charge in [0.15, 0.2) is 0 Å². The number of hydrogen-bond acceptors (Lipinski definition) is 2. The van der Waals surface area contributed by atoms with Crippen LogP contribution in [0.3, 0.4) is 0 Å². The van der Waals surface area contributed by atoms with E-state index in [0.29, 0.717) is 24.2 Å². The molecule has 6 rings (SSSR count). The molecule has 0 spiro atoms. The van der Waals surface area contributed by atoms with Gasteiger partial charge in [-0.25, -0.2) is 41.9 Å². The molecule has 0 atom stereocenters. The molecule has 0 heterocycles. The van der Waals surface area contributed by atoms with E-state index in [1.54, 1.807) is 60.7 Å². The Morgan fingerprint density at radius 2 is 0.943 bits per heavy atom. The molecular weight excluding hydrogens is 712 g/mol. The summed E-state index contributed by atoms with van der Waals surface area (Å²) in [6.07, 6.45) is 20.0. The second-order valence-electron chi connectivity index (χ2n) is 12.4. The second kappa shape index (κ2) is 23.7. The van der Waals surface area contributed by atoms with Gasteiger partial charge in [0, 0.05) is 47.5 Å². The van der Waals surface area contributed by atoms with Crippen LogP contribution in [0.1, 0.15) is 61.3 Å². The van der Waals surface area contributed by atoms with E-state index in [2.05, 4.69) is 24.3 Å². The van der Waals surface area contributed by atoms with Crippen molar-refractivity contribution in [1.29, 1.82) is 0 Å². The molecule has 4 aromatic carbocycles. The number of halogens is 4. The van der Waals surface area contributed by atoms with Gasteiger partial charge in [0.2, 0.25) is 11.8 Å². The van der Waals surface area contributed by atoms with Gasteiger partial charge in [-0.05, 0) is 47.5 Å². The molecule has 0 fully saturated rings. The maximum Gasteiger partial charge on any atom is 4.00 e. The quantitative estimate of drug-likeness (QED) is 0.102. The third-order valence-corrected chi connectivity index (χ3v) is 7.06. The van der Waals surface area contributed by atoms with Gasteiger partial charge in [-0.1, -0.05) is 64.1 Å². The van der Waals surface area contributed by atoms with Crippen LogP contribution >= 0.6 is 0 Å². The number of carbonyl (C=O) groups is 2. The summed E-state index contributed by atoms with van der Waals surface area (Å²) in [5.41, 5.74) is 1.00. The Hall–Kier alpha value is -4.79. The summed E-state index contributed by atoms with van der Waals surface area (Å²) in [5.74, 6) is -3.64. The molecule has 0 saturated carbocycles. The van der Waals surface area contributed by atoms with E-state index < -0.39 is 23.3 Å². The topological polar surface area (TPSA) is 40.6 Å².